The van der Waals surface area contributed by atoms with Crippen molar-refractivity contribution in [2.75, 3.05) is 0 Å². The Labute approximate surface area is 128 Å². The average molecular weight is 295 g/mol. The molecule has 0 radical (unpaired) electrons. The Morgan fingerprint density at radius 2 is 1.73 bits per heavy atom. The van der Waals surface area contributed by atoms with Crippen molar-refractivity contribution in [3.8, 4) is 0 Å². The van der Waals surface area contributed by atoms with Crippen molar-refractivity contribution in [3.63, 3.8) is 0 Å². The highest BCUT2D eigenvalue weighted by atomic mass is 16.2. The highest BCUT2D eigenvalue weighted by Crippen LogP contribution is 2.19. The number of pyridine rings is 1. The van der Waals surface area contributed by atoms with Crippen molar-refractivity contribution >= 4 is 11.8 Å². The van der Waals surface area contributed by atoms with Gasteiger partial charge in [-0.1, -0.05) is 6.07 Å². The molecule has 1 aliphatic carbocycles. The van der Waals surface area contributed by atoms with E-state index in [4.69, 9.17) is 0 Å². The van der Waals surface area contributed by atoms with E-state index in [0.29, 0.717) is 23.7 Å². The molecule has 2 N–H and O–H groups in total. The van der Waals surface area contributed by atoms with Crippen LogP contribution < -0.4 is 10.6 Å². The summed E-state index contributed by atoms with van der Waals surface area (Å²) in [5.41, 5.74) is 2.05. The Kier molecular flexibility index (Phi) is 4.14. The van der Waals surface area contributed by atoms with Crippen LogP contribution >= 0.6 is 0 Å². The smallest absolute Gasteiger partial charge is 0.251 e. The highest BCUT2D eigenvalue weighted by molar-refractivity contribution is 5.97. The maximum atomic E-state index is 12.1. The van der Waals surface area contributed by atoms with Gasteiger partial charge in [-0.2, -0.15) is 0 Å². The van der Waals surface area contributed by atoms with Gasteiger partial charge in [-0.3, -0.25) is 14.6 Å². The molecular weight excluding hydrogens is 278 g/mol. The number of nitrogens with zero attached hydrogens (tertiary/aromatic N) is 1. The third kappa shape index (κ3) is 3.69. The minimum Gasteiger partial charge on any atom is -0.349 e. The van der Waals surface area contributed by atoms with E-state index < -0.39 is 0 Å². The first-order valence-electron chi connectivity index (χ1n) is 7.30. The standard InChI is InChI=1S/C17H17N3O2/c21-16(19-11-12-2-1-9-18-10-12)13-3-5-14(6-4-13)17(22)20-15-7-8-15/h1-6,9-10,15H,7-8,11H2,(H,19,21)(H,20,22). The Hall–Kier alpha value is -2.69. The summed E-state index contributed by atoms with van der Waals surface area (Å²) in [7, 11) is 0. The molecule has 112 valence electrons. The topological polar surface area (TPSA) is 71.1 Å². The molecule has 1 aromatic heterocycles. The van der Waals surface area contributed by atoms with Gasteiger partial charge in [0.05, 0.1) is 0 Å². The highest BCUT2D eigenvalue weighted by Gasteiger charge is 2.23. The number of carbonyl (C=O) groups is 2. The number of carbonyl (C=O) groups excluding carboxylic acids is 2. The number of aromatic nitrogens is 1. The molecule has 0 spiro atoms. The molecule has 0 unspecified atom stereocenters. The lowest BCUT2D eigenvalue weighted by molar-refractivity contribution is 0.0939. The fourth-order valence-corrected chi connectivity index (χ4v) is 2.06. The molecule has 2 amide bonds. The van der Waals surface area contributed by atoms with E-state index >= 15 is 0 Å². The van der Waals surface area contributed by atoms with E-state index in [2.05, 4.69) is 15.6 Å². The van der Waals surface area contributed by atoms with E-state index in [9.17, 15) is 9.59 Å². The van der Waals surface area contributed by atoms with Crippen LogP contribution in [0.3, 0.4) is 0 Å². The molecule has 1 aromatic carbocycles. The summed E-state index contributed by atoms with van der Waals surface area (Å²) in [6.07, 6.45) is 5.52. The molecule has 3 rings (SSSR count). The monoisotopic (exact) mass is 295 g/mol. The summed E-state index contributed by atoms with van der Waals surface area (Å²) < 4.78 is 0. The summed E-state index contributed by atoms with van der Waals surface area (Å²) in [4.78, 5) is 27.9. The van der Waals surface area contributed by atoms with Crippen LogP contribution in [0.4, 0.5) is 0 Å². The van der Waals surface area contributed by atoms with Crippen molar-refractivity contribution in [2.24, 2.45) is 0 Å². The van der Waals surface area contributed by atoms with Crippen molar-refractivity contribution in [2.45, 2.75) is 25.4 Å². The van der Waals surface area contributed by atoms with Crippen molar-refractivity contribution in [3.05, 3.63) is 65.5 Å². The molecule has 1 fully saturated rings. The zero-order valence-electron chi connectivity index (χ0n) is 12.1. The number of amides is 2. The fourth-order valence-electron chi connectivity index (χ4n) is 2.06. The van der Waals surface area contributed by atoms with Crippen LogP contribution in [0.25, 0.3) is 0 Å². The first-order chi connectivity index (χ1) is 10.7. The van der Waals surface area contributed by atoms with E-state index in [1.54, 1.807) is 36.7 Å². The van der Waals surface area contributed by atoms with Gasteiger partial charge in [-0.15, -0.1) is 0 Å². The summed E-state index contributed by atoms with van der Waals surface area (Å²) in [6, 6.07) is 10.7. The third-order valence-electron chi connectivity index (χ3n) is 3.50. The Morgan fingerprint density at radius 1 is 1.05 bits per heavy atom. The molecule has 2 aromatic rings. The zero-order chi connectivity index (χ0) is 15.4. The molecule has 5 nitrogen and oxygen atoms in total. The average Bonchev–Trinajstić information content (AvgIpc) is 3.37. The minimum atomic E-state index is -0.169. The van der Waals surface area contributed by atoms with Gasteiger partial charge in [-0.25, -0.2) is 0 Å². The molecule has 1 heterocycles. The second-order valence-corrected chi connectivity index (χ2v) is 5.37. The quantitative estimate of drug-likeness (QED) is 0.885. The lowest BCUT2D eigenvalue weighted by Gasteiger charge is -2.06. The van der Waals surface area contributed by atoms with Crippen LogP contribution in [0, 0.1) is 0 Å². The van der Waals surface area contributed by atoms with Gasteiger partial charge in [-0.05, 0) is 48.7 Å². The normalized spacial score (nSPS) is 13.5. The van der Waals surface area contributed by atoms with Gasteiger partial charge in [0.15, 0.2) is 0 Å². The predicted molar refractivity (Wildman–Crippen MR) is 82.3 cm³/mol. The second-order valence-electron chi connectivity index (χ2n) is 5.37. The van der Waals surface area contributed by atoms with Gasteiger partial charge in [0.2, 0.25) is 0 Å². The maximum absolute atomic E-state index is 12.1. The molecule has 1 saturated carbocycles. The maximum Gasteiger partial charge on any atom is 0.251 e. The summed E-state index contributed by atoms with van der Waals surface area (Å²) in [5.74, 6) is -0.247. The van der Waals surface area contributed by atoms with Gasteiger partial charge >= 0.3 is 0 Å². The Morgan fingerprint density at radius 3 is 2.32 bits per heavy atom. The lowest BCUT2D eigenvalue weighted by atomic mass is 10.1. The Balaban J connectivity index is 1.57. The van der Waals surface area contributed by atoms with Gasteiger partial charge in [0.25, 0.3) is 11.8 Å². The third-order valence-corrected chi connectivity index (χ3v) is 3.50. The number of nitrogens with one attached hydrogen (secondary N) is 2. The molecule has 0 bridgehead atoms. The van der Waals surface area contributed by atoms with Crippen LogP contribution in [0.1, 0.15) is 39.1 Å². The van der Waals surface area contributed by atoms with Gasteiger partial charge < -0.3 is 10.6 Å². The summed E-state index contributed by atoms with van der Waals surface area (Å²) >= 11 is 0. The van der Waals surface area contributed by atoms with Crippen LogP contribution in [0.15, 0.2) is 48.8 Å². The van der Waals surface area contributed by atoms with E-state index in [1.165, 1.54) is 0 Å². The second kappa shape index (κ2) is 6.39. The summed E-state index contributed by atoms with van der Waals surface area (Å²) in [6.45, 7) is 0.427. The van der Waals surface area contributed by atoms with Crippen LogP contribution in [-0.4, -0.2) is 22.8 Å². The molecule has 0 aliphatic heterocycles. The van der Waals surface area contributed by atoms with Gasteiger partial charge in [0.1, 0.15) is 0 Å². The molecule has 0 atom stereocenters. The molecule has 0 saturated heterocycles. The van der Waals surface area contributed by atoms with E-state index in [1.807, 2.05) is 12.1 Å². The fraction of sp³-hybridized carbons (Fsp3) is 0.235. The predicted octanol–water partition coefficient (Wildman–Crippen LogP) is 1.90. The minimum absolute atomic E-state index is 0.0789. The molecule has 22 heavy (non-hydrogen) atoms. The van der Waals surface area contributed by atoms with Crippen molar-refractivity contribution in [1.82, 2.24) is 15.6 Å². The number of benzene rings is 1. The first-order valence-corrected chi connectivity index (χ1v) is 7.30. The molecule has 5 heteroatoms. The molecular formula is C17H17N3O2. The van der Waals surface area contributed by atoms with Crippen LogP contribution in [0.2, 0.25) is 0 Å². The number of rotatable bonds is 5. The van der Waals surface area contributed by atoms with Crippen LogP contribution in [-0.2, 0) is 6.54 Å². The van der Waals surface area contributed by atoms with Crippen molar-refractivity contribution < 1.29 is 9.59 Å². The lowest BCUT2D eigenvalue weighted by Crippen LogP contribution is -2.26. The molecule has 1 aliphatic rings. The largest absolute Gasteiger partial charge is 0.349 e. The van der Waals surface area contributed by atoms with Crippen LogP contribution in [0.5, 0.6) is 0 Å². The first kappa shape index (κ1) is 14.3. The SMILES string of the molecule is O=C(NCc1cccnc1)c1ccc(C(=O)NC2CC2)cc1. The van der Waals surface area contributed by atoms with E-state index in [0.717, 1.165) is 18.4 Å². The van der Waals surface area contributed by atoms with Gasteiger partial charge in [0, 0.05) is 36.1 Å². The van der Waals surface area contributed by atoms with E-state index in [-0.39, 0.29) is 11.8 Å². The van der Waals surface area contributed by atoms with Crippen molar-refractivity contribution in [1.29, 1.82) is 0 Å². The zero-order valence-corrected chi connectivity index (χ0v) is 12.1. The Bertz CT molecular complexity index is 664. The number of hydrogen-bond acceptors (Lipinski definition) is 3. The number of hydrogen-bond donors (Lipinski definition) is 2. The summed E-state index contributed by atoms with van der Waals surface area (Å²) in [5, 5.41) is 5.75.